The van der Waals surface area contributed by atoms with Gasteiger partial charge in [-0.2, -0.15) is 0 Å². The van der Waals surface area contributed by atoms with E-state index in [1.54, 1.807) is 25.3 Å². The van der Waals surface area contributed by atoms with E-state index in [4.69, 9.17) is 4.74 Å². The highest BCUT2D eigenvalue weighted by Crippen LogP contribution is 2.18. The molecular weight excluding hydrogens is 240 g/mol. The monoisotopic (exact) mass is 262 g/mol. The van der Waals surface area contributed by atoms with Crippen LogP contribution in [0.3, 0.4) is 0 Å². The molecule has 0 spiro atoms. The average molecular weight is 262 g/mol. The minimum atomic E-state index is -0.219. The summed E-state index contributed by atoms with van der Waals surface area (Å²) in [6.07, 6.45) is 1.67. The van der Waals surface area contributed by atoms with Crippen molar-refractivity contribution >= 4 is 12.2 Å². The summed E-state index contributed by atoms with van der Waals surface area (Å²) in [7, 11) is 3.40. The summed E-state index contributed by atoms with van der Waals surface area (Å²) in [6, 6.07) is 5.62. The molecule has 0 heterocycles. The van der Waals surface area contributed by atoms with Crippen LogP contribution in [0.25, 0.3) is 0 Å². The van der Waals surface area contributed by atoms with Crippen molar-refractivity contribution in [3.8, 4) is 5.75 Å². The highest BCUT2D eigenvalue weighted by molar-refractivity contribution is 5.83. The molecule has 0 fully saturated rings. The first kappa shape index (κ1) is 15.2. The Labute approximate surface area is 115 Å². The number of hydrogen-bond donors (Lipinski definition) is 0. The van der Waals surface area contributed by atoms with Gasteiger partial charge in [0, 0.05) is 19.8 Å². The van der Waals surface area contributed by atoms with Crippen LogP contribution in [-0.2, 0) is 6.54 Å². The first-order valence-electron chi connectivity index (χ1n) is 6.36. The summed E-state index contributed by atoms with van der Waals surface area (Å²) in [4.78, 5) is 17.3. The zero-order valence-corrected chi connectivity index (χ0v) is 12.3. The van der Waals surface area contributed by atoms with Crippen molar-refractivity contribution < 1.29 is 9.53 Å². The van der Waals surface area contributed by atoms with Gasteiger partial charge >= 0.3 is 6.03 Å². The van der Waals surface area contributed by atoms with Gasteiger partial charge in [0.2, 0.25) is 0 Å². The molecule has 0 unspecified atom stereocenters. The number of aliphatic imine (C=N–C) groups is 1. The zero-order chi connectivity index (χ0) is 14.4. The number of urea groups is 1. The van der Waals surface area contributed by atoms with Crippen LogP contribution in [0.2, 0.25) is 0 Å². The maximum absolute atomic E-state index is 11.8. The predicted molar refractivity (Wildman–Crippen MR) is 77.9 cm³/mol. The van der Waals surface area contributed by atoms with Crippen molar-refractivity contribution in [2.45, 2.75) is 27.3 Å². The van der Waals surface area contributed by atoms with E-state index >= 15 is 0 Å². The van der Waals surface area contributed by atoms with E-state index in [1.165, 1.54) is 0 Å². The Kier molecular flexibility index (Phi) is 5.55. The third-order valence-corrected chi connectivity index (χ3v) is 2.77. The summed E-state index contributed by atoms with van der Waals surface area (Å²) in [6.45, 7) is 6.53. The molecule has 104 valence electrons. The average Bonchev–Trinajstić information content (AvgIpc) is 2.37. The van der Waals surface area contributed by atoms with E-state index in [2.05, 4.69) is 4.99 Å². The molecule has 0 aliphatic rings. The third kappa shape index (κ3) is 4.73. The fraction of sp³-hybridized carbons (Fsp3) is 0.467. The molecule has 0 aliphatic heterocycles. The van der Waals surface area contributed by atoms with E-state index in [-0.39, 0.29) is 11.9 Å². The number of rotatable bonds is 4. The second-order valence-electron chi connectivity index (χ2n) is 4.95. The maximum atomic E-state index is 11.8. The van der Waals surface area contributed by atoms with Crippen LogP contribution in [0.15, 0.2) is 23.2 Å². The molecular formula is C15H22N2O2. The van der Waals surface area contributed by atoms with Gasteiger partial charge < -0.3 is 9.64 Å². The minimum Gasteiger partial charge on any atom is -0.497 e. The van der Waals surface area contributed by atoms with Crippen LogP contribution >= 0.6 is 0 Å². The van der Waals surface area contributed by atoms with Gasteiger partial charge in [-0.25, -0.2) is 9.79 Å². The Morgan fingerprint density at radius 2 is 2.16 bits per heavy atom. The van der Waals surface area contributed by atoms with Crippen molar-refractivity contribution in [2.24, 2.45) is 10.9 Å². The Hall–Kier alpha value is -1.84. The summed E-state index contributed by atoms with van der Waals surface area (Å²) < 4.78 is 5.16. The molecule has 19 heavy (non-hydrogen) atoms. The molecule has 1 rings (SSSR count). The SMILES string of the molecule is COc1ccc(CN(C)C(=O)/N=C\C(C)C)c(C)c1. The van der Waals surface area contributed by atoms with Crippen LogP contribution < -0.4 is 4.74 Å². The lowest BCUT2D eigenvalue weighted by molar-refractivity contribution is 0.217. The number of hydrogen-bond acceptors (Lipinski definition) is 2. The number of amides is 2. The van der Waals surface area contributed by atoms with Gasteiger partial charge in [0.15, 0.2) is 0 Å². The summed E-state index contributed by atoms with van der Waals surface area (Å²) >= 11 is 0. The van der Waals surface area contributed by atoms with Gasteiger partial charge in [-0.15, -0.1) is 0 Å². The molecule has 0 saturated heterocycles. The number of nitrogens with zero attached hydrogens (tertiary/aromatic N) is 2. The quantitative estimate of drug-likeness (QED) is 0.781. The fourth-order valence-corrected chi connectivity index (χ4v) is 1.61. The van der Waals surface area contributed by atoms with Crippen molar-refractivity contribution in [1.82, 2.24) is 4.90 Å². The Morgan fingerprint density at radius 1 is 1.47 bits per heavy atom. The molecule has 4 heteroatoms. The molecule has 2 amide bonds. The van der Waals surface area contributed by atoms with Crippen molar-refractivity contribution in [3.63, 3.8) is 0 Å². The third-order valence-electron chi connectivity index (χ3n) is 2.77. The molecule has 4 nitrogen and oxygen atoms in total. The predicted octanol–water partition coefficient (Wildman–Crippen LogP) is 3.28. The fourth-order valence-electron chi connectivity index (χ4n) is 1.61. The maximum Gasteiger partial charge on any atom is 0.343 e. The smallest absolute Gasteiger partial charge is 0.343 e. The summed E-state index contributed by atoms with van der Waals surface area (Å²) in [5, 5.41) is 0. The van der Waals surface area contributed by atoms with Gasteiger partial charge in [-0.05, 0) is 36.1 Å². The molecule has 0 atom stereocenters. The van der Waals surface area contributed by atoms with Gasteiger partial charge in [-0.1, -0.05) is 19.9 Å². The first-order valence-corrected chi connectivity index (χ1v) is 6.36. The summed E-state index contributed by atoms with van der Waals surface area (Å²) in [5.74, 6) is 1.10. The largest absolute Gasteiger partial charge is 0.497 e. The zero-order valence-electron chi connectivity index (χ0n) is 12.3. The minimum absolute atomic E-state index is 0.219. The molecule has 0 aliphatic carbocycles. The number of carbonyl (C=O) groups is 1. The second-order valence-corrected chi connectivity index (χ2v) is 4.95. The highest BCUT2D eigenvalue weighted by atomic mass is 16.5. The summed E-state index contributed by atoms with van der Waals surface area (Å²) in [5.41, 5.74) is 2.20. The number of aryl methyl sites for hydroxylation is 1. The number of benzene rings is 1. The van der Waals surface area contributed by atoms with Crippen molar-refractivity contribution in [1.29, 1.82) is 0 Å². The Balaban J connectivity index is 2.71. The van der Waals surface area contributed by atoms with Gasteiger partial charge in [0.25, 0.3) is 0 Å². The molecule has 0 bridgehead atoms. The van der Waals surface area contributed by atoms with E-state index in [9.17, 15) is 4.79 Å². The number of methoxy groups -OCH3 is 1. The van der Waals surface area contributed by atoms with Crippen LogP contribution in [-0.4, -0.2) is 31.3 Å². The van der Waals surface area contributed by atoms with Gasteiger partial charge in [0.1, 0.15) is 5.75 Å². The number of carbonyl (C=O) groups excluding carboxylic acids is 1. The highest BCUT2D eigenvalue weighted by Gasteiger charge is 2.09. The number of ether oxygens (including phenoxy) is 1. The van der Waals surface area contributed by atoms with Crippen LogP contribution in [0, 0.1) is 12.8 Å². The molecule has 0 saturated carbocycles. The van der Waals surface area contributed by atoms with Crippen LogP contribution in [0.1, 0.15) is 25.0 Å². The lowest BCUT2D eigenvalue weighted by atomic mass is 10.1. The van der Waals surface area contributed by atoms with Crippen molar-refractivity contribution in [2.75, 3.05) is 14.2 Å². The lowest BCUT2D eigenvalue weighted by Gasteiger charge is -2.16. The molecule has 0 radical (unpaired) electrons. The Morgan fingerprint density at radius 3 is 2.68 bits per heavy atom. The molecule has 0 aromatic heterocycles. The molecule has 1 aromatic rings. The van der Waals surface area contributed by atoms with E-state index in [1.807, 2.05) is 39.0 Å². The first-order chi connectivity index (χ1) is 8.93. The standard InChI is InChI=1S/C15H22N2O2/c1-11(2)9-16-15(18)17(4)10-13-6-7-14(19-5)8-12(13)3/h6-9,11H,10H2,1-5H3/b16-9-. The van der Waals surface area contributed by atoms with Crippen LogP contribution in [0.5, 0.6) is 5.75 Å². The van der Waals surface area contributed by atoms with Gasteiger partial charge in [0.05, 0.1) is 7.11 Å². The van der Waals surface area contributed by atoms with E-state index in [0.29, 0.717) is 6.54 Å². The van der Waals surface area contributed by atoms with Crippen molar-refractivity contribution in [3.05, 3.63) is 29.3 Å². The Bertz CT molecular complexity index is 467. The van der Waals surface area contributed by atoms with E-state index < -0.39 is 0 Å². The molecule has 1 aromatic carbocycles. The second kappa shape index (κ2) is 6.92. The van der Waals surface area contributed by atoms with Gasteiger partial charge in [-0.3, -0.25) is 0 Å². The normalized spacial score (nSPS) is 11.1. The lowest BCUT2D eigenvalue weighted by Crippen LogP contribution is -2.23. The topological polar surface area (TPSA) is 41.9 Å². The molecule has 0 N–H and O–H groups in total. The van der Waals surface area contributed by atoms with Crippen LogP contribution in [0.4, 0.5) is 4.79 Å². The van der Waals surface area contributed by atoms with E-state index in [0.717, 1.165) is 16.9 Å².